The first-order valence-corrected chi connectivity index (χ1v) is 4.83. The summed E-state index contributed by atoms with van der Waals surface area (Å²) >= 11 is 0. The van der Waals surface area contributed by atoms with Crippen LogP contribution in [0.5, 0.6) is 0 Å². The Bertz CT molecular complexity index is 195. The molecule has 1 amide bonds. The van der Waals surface area contributed by atoms with Crippen molar-refractivity contribution >= 4 is 12.2 Å². The van der Waals surface area contributed by atoms with Gasteiger partial charge in [-0.2, -0.15) is 0 Å². The second kappa shape index (κ2) is 4.40. The van der Waals surface area contributed by atoms with Crippen LogP contribution in [0.25, 0.3) is 0 Å². The maximum absolute atomic E-state index is 11.1. The lowest BCUT2D eigenvalue weighted by molar-refractivity contribution is -0.122. The Kier molecular flexibility index (Phi) is 3.46. The third-order valence-corrected chi connectivity index (χ3v) is 3.01. The summed E-state index contributed by atoms with van der Waals surface area (Å²) in [5.74, 6) is 0.545. The standard InChI is InChI=1S/C10H17NO2/c1-8(13)9-3-5-10(6-4-9)11(2)7-12/h7,9-10H,3-6H2,1-2H3. The van der Waals surface area contributed by atoms with E-state index < -0.39 is 0 Å². The molecule has 1 aliphatic carbocycles. The number of hydrogen-bond acceptors (Lipinski definition) is 2. The molecular weight excluding hydrogens is 166 g/mol. The predicted molar refractivity (Wildman–Crippen MR) is 50.3 cm³/mol. The second-order valence-corrected chi connectivity index (χ2v) is 3.89. The molecule has 0 radical (unpaired) electrons. The molecule has 1 saturated carbocycles. The first kappa shape index (κ1) is 10.2. The largest absolute Gasteiger partial charge is 0.345 e. The third-order valence-electron chi connectivity index (χ3n) is 3.01. The molecule has 0 atom stereocenters. The van der Waals surface area contributed by atoms with Gasteiger partial charge in [-0.1, -0.05) is 0 Å². The van der Waals surface area contributed by atoms with E-state index in [-0.39, 0.29) is 5.92 Å². The summed E-state index contributed by atoms with van der Waals surface area (Å²) < 4.78 is 0. The van der Waals surface area contributed by atoms with Gasteiger partial charge in [-0.3, -0.25) is 9.59 Å². The van der Waals surface area contributed by atoms with E-state index in [2.05, 4.69) is 0 Å². The zero-order valence-corrected chi connectivity index (χ0v) is 8.32. The number of amides is 1. The molecular formula is C10H17NO2. The van der Waals surface area contributed by atoms with Gasteiger partial charge in [0.1, 0.15) is 5.78 Å². The number of nitrogens with zero attached hydrogens (tertiary/aromatic N) is 1. The summed E-state index contributed by atoms with van der Waals surface area (Å²) in [4.78, 5) is 23.3. The van der Waals surface area contributed by atoms with Crippen LogP contribution in [0.2, 0.25) is 0 Å². The molecule has 0 spiro atoms. The third kappa shape index (κ3) is 2.54. The van der Waals surface area contributed by atoms with Crippen molar-refractivity contribution in [2.24, 2.45) is 5.92 Å². The van der Waals surface area contributed by atoms with E-state index in [1.165, 1.54) is 0 Å². The summed E-state index contributed by atoms with van der Waals surface area (Å²) in [5, 5.41) is 0. The lowest BCUT2D eigenvalue weighted by atomic mass is 9.83. The Morgan fingerprint density at radius 3 is 2.23 bits per heavy atom. The summed E-state index contributed by atoms with van der Waals surface area (Å²) in [7, 11) is 1.81. The number of Topliss-reactive ketones (excluding diaryl/α,β-unsaturated/α-hetero) is 1. The smallest absolute Gasteiger partial charge is 0.209 e. The fourth-order valence-corrected chi connectivity index (χ4v) is 1.98. The molecule has 0 aromatic heterocycles. The minimum absolute atomic E-state index is 0.247. The van der Waals surface area contributed by atoms with E-state index in [9.17, 15) is 9.59 Å². The normalized spacial score (nSPS) is 28.2. The van der Waals surface area contributed by atoms with Crippen LogP contribution in [0.1, 0.15) is 32.6 Å². The van der Waals surface area contributed by atoms with Gasteiger partial charge >= 0.3 is 0 Å². The molecule has 1 rings (SSSR count). The van der Waals surface area contributed by atoms with Crippen molar-refractivity contribution in [2.75, 3.05) is 7.05 Å². The Balaban J connectivity index is 2.38. The van der Waals surface area contributed by atoms with Crippen LogP contribution in [0, 0.1) is 5.92 Å². The molecule has 0 aliphatic heterocycles. The van der Waals surface area contributed by atoms with Gasteiger partial charge < -0.3 is 4.90 Å². The highest BCUT2D eigenvalue weighted by molar-refractivity contribution is 5.78. The van der Waals surface area contributed by atoms with Crippen molar-refractivity contribution in [2.45, 2.75) is 38.6 Å². The van der Waals surface area contributed by atoms with Crippen LogP contribution in [-0.4, -0.2) is 30.2 Å². The van der Waals surface area contributed by atoms with E-state index in [0.717, 1.165) is 32.1 Å². The molecule has 13 heavy (non-hydrogen) atoms. The molecule has 1 fully saturated rings. The fraction of sp³-hybridized carbons (Fsp3) is 0.800. The van der Waals surface area contributed by atoms with E-state index in [1.54, 1.807) is 11.8 Å². The predicted octanol–water partition coefficient (Wildman–Crippen LogP) is 1.22. The van der Waals surface area contributed by atoms with Crippen LogP contribution in [-0.2, 0) is 9.59 Å². The first-order chi connectivity index (χ1) is 6.15. The SMILES string of the molecule is CC(=O)C1CCC(N(C)C=O)CC1. The summed E-state index contributed by atoms with van der Waals surface area (Å²) in [6.07, 6.45) is 4.70. The summed E-state index contributed by atoms with van der Waals surface area (Å²) in [6.45, 7) is 1.66. The van der Waals surface area contributed by atoms with Gasteiger partial charge in [0, 0.05) is 19.0 Å². The van der Waals surface area contributed by atoms with E-state index >= 15 is 0 Å². The molecule has 0 aromatic rings. The van der Waals surface area contributed by atoms with Gasteiger partial charge in [0.2, 0.25) is 6.41 Å². The molecule has 0 aromatic carbocycles. The molecule has 74 valence electrons. The number of carbonyl (C=O) groups excluding carboxylic acids is 2. The minimum atomic E-state index is 0.247. The lowest BCUT2D eigenvalue weighted by Gasteiger charge is -2.31. The Morgan fingerprint density at radius 1 is 1.31 bits per heavy atom. The van der Waals surface area contributed by atoms with Gasteiger partial charge in [0.15, 0.2) is 0 Å². The maximum atomic E-state index is 11.1. The maximum Gasteiger partial charge on any atom is 0.209 e. The fourth-order valence-electron chi connectivity index (χ4n) is 1.98. The number of carbonyl (C=O) groups is 2. The first-order valence-electron chi connectivity index (χ1n) is 4.83. The summed E-state index contributed by atoms with van der Waals surface area (Å²) in [6, 6.07) is 0.355. The van der Waals surface area contributed by atoms with Gasteiger partial charge in [0.05, 0.1) is 0 Å². The number of rotatable bonds is 3. The van der Waals surface area contributed by atoms with E-state index in [0.29, 0.717) is 11.8 Å². The van der Waals surface area contributed by atoms with Crippen LogP contribution >= 0.6 is 0 Å². The zero-order chi connectivity index (χ0) is 9.84. The van der Waals surface area contributed by atoms with Crippen molar-refractivity contribution in [3.8, 4) is 0 Å². The molecule has 0 unspecified atom stereocenters. The van der Waals surface area contributed by atoms with Gasteiger partial charge in [0.25, 0.3) is 0 Å². The average Bonchev–Trinajstić information content (AvgIpc) is 2.17. The van der Waals surface area contributed by atoms with Crippen LogP contribution < -0.4 is 0 Å². The van der Waals surface area contributed by atoms with E-state index in [4.69, 9.17) is 0 Å². The van der Waals surface area contributed by atoms with Crippen molar-refractivity contribution in [1.82, 2.24) is 4.90 Å². The molecule has 3 heteroatoms. The van der Waals surface area contributed by atoms with Gasteiger partial charge in [-0.25, -0.2) is 0 Å². The van der Waals surface area contributed by atoms with Crippen molar-refractivity contribution in [3.05, 3.63) is 0 Å². The molecule has 0 N–H and O–H groups in total. The van der Waals surface area contributed by atoms with Gasteiger partial charge in [-0.15, -0.1) is 0 Å². The van der Waals surface area contributed by atoms with Crippen molar-refractivity contribution in [3.63, 3.8) is 0 Å². The molecule has 0 heterocycles. The highest BCUT2D eigenvalue weighted by Gasteiger charge is 2.25. The second-order valence-electron chi connectivity index (χ2n) is 3.89. The van der Waals surface area contributed by atoms with Crippen molar-refractivity contribution < 1.29 is 9.59 Å². The number of hydrogen-bond donors (Lipinski definition) is 0. The highest BCUT2D eigenvalue weighted by atomic mass is 16.1. The van der Waals surface area contributed by atoms with Gasteiger partial charge in [-0.05, 0) is 32.6 Å². The Labute approximate surface area is 79.1 Å². The average molecular weight is 183 g/mol. The topological polar surface area (TPSA) is 37.4 Å². The zero-order valence-electron chi connectivity index (χ0n) is 8.32. The Morgan fingerprint density at radius 2 is 1.85 bits per heavy atom. The van der Waals surface area contributed by atoms with Crippen LogP contribution in [0.4, 0.5) is 0 Å². The number of ketones is 1. The molecule has 0 saturated heterocycles. The van der Waals surface area contributed by atoms with Crippen molar-refractivity contribution in [1.29, 1.82) is 0 Å². The monoisotopic (exact) mass is 183 g/mol. The van der Waals surface area contributed by atoms with Crippen LogP contribution in [0.3, 0.4) is 0 Å². The minimum Gasteiger partial charge on any atom is -0.345 e. The molecule has 1 aliphatic rings. The molecule has 3 nitrogen and oxygen atoms in total. The van der Waals surface area contributed by atoms with Crippen LogP contribution in [0.15, 0.2) is 0 Å². The highest BCUT2D eigenvalue weighted by Crippen LogP contribution is 2.26. The lowest BCUT2D eigenvalue weighted by Crippen LogP contribution is -2.35. The summed E-state index contributed by atoms with van der Waals surface area (Å²) in [5.41, 5.74) is 0. The van der Waals surface area contributed by atoms with E-state index in [1.807, 2.05) is 7.05 Å². The quantitative estimate of drug-likeness (QED) is 0.617. The molecule has 0 bridgehead atoms. The Hall–Kier alpha value is -0.860.